The fourth-order valence-electron chi connectivity index (χ4n) is 2.83. The quantitative estimate of drug-likeness (QED) is 0.477. The fraction of sp³-hybridized carbons (Fsp3) is 0.250. The average molecular weight is 382 g/mol. The molecule has 0 spiro atoms. The van der Waals surface area contributed by atoms with Gasteiger partial charge in [-0.25, -0.2) is 0 Å². The number of ketones is 1. The molecule has 1 aromatic heterocycles. The van der Waals surface area contributed by atoms with Gasteiger partial charge in [0.25, 0.3) is 5.22 Å². The van der Waals surface area contributed by atoms with Crippen molar-refractivity contribution in [1.29, 1.82) is 0 Å². The van der Waals surface area contributed by atoms with E-state index in [9.17, 15) is 4.79 Å². The molecular formula is C20H18N2O4S. The van der Waals surface area contributed by atoms with Gasteiger partial charge in [-0.1, -0.05) is 29.5 Å². The van der Waals surface area contributed by atoms with Gasteiger partial charge in [-0.3, -0.25) is 4.79 Å². The van der Waals surface area contributed by atoms with Gasteiger partial charge in [0, 0.05) is 11.1 Å². The number of aromatic nitrogens is 2. The first-order valence-corrected chi connectivity index (χ1v) is 9.41. The highest BCUT2D eigenvalue weighted by Crippen LogP contribution is 2.36. The fourth-order valence-corrected chi connectivity index (χ4v) is 3.58. The Morgan fingerprint density at radius 2 is 1.89 bits per heavy atom. The van der Waals surface area contributed by atoms with Gasteiger partial charge in [0.05, 0.1) is 5.25 Å². The second-order valence-corrected chi connectivity index (χ2v) is 7.68. The number of fused-ring (bicyclic) bond motifs is 1. The molecule has 0 radical (unpaired) electrons. The Morgan fingerprint density at radius 3 is 2.74 bits per heavy atom. The van der Waals surface area contributed by atoms with Gasteiger partial charge in [0.2, 0.25) is 12.7 Å². The molecule has 0 saturated heterocycles. The first-order valence-electron chi connectivity index (χ1n) is 8.53. The monoisotopic (exact) mass is 382 g/mol. The topological polar surface area (TPSA) is 74.5 Å². The van der Waals surface area contributed by atoms with Crippen LogP contribution in [-0.4, -0.2) is 28.0 Å². The predicted octanol–water partition coefficient (Wildman–Crippen LogP) is 4.45. The first-order chi connectivity index (χ1) is 13.0. The predicted molar refractivity (Wildman–Crippen MR) is 101 cm³/mol. The summed E-state index contributed by atoms with van der Waals surface area (Å²) in [5.41, 5.74) is 3.49. The lowest BCUT2D eigenvalue weighted by atomic mass is 10.0. The Bertz CT molecular complexity index is 1010. The Hall–Kier alpha value is -2.80. The molecule has 0 amide bonds. The highest BCUT2D eigenvalue weighted by atomic mass is 32.2. The Morgan fingerprint density at radius 1 is 1.07 bits per heavy atom. The Labute approximate surface area is 160 Å². The number of benzene rings is 2. The molecule has 6 nitrogen and oxygen atoms in total. The minimum absolute atomic E-state index is 0.0454. The van der Waals surface area contributed by atoms with Crippen LogP contribution in [0.1, 0.15) is 28.4 Å². The van der Waals surface area contributed by atoms with Gasteiger partial charge in [0.1, 0.15) is 0 Å². The van der Waals surface area contributed by atoms with E-state index >= 15 is 0 Å². The molecule has 0 saturated carbocycles. The van der Waals surface area contributed by atoms with Gasteiger partial charge in [0.15, 0.2) is 17.3 Å². The van der Waals surface area contributed by atoms with Crippen molar-refractivity contribution >= 4 is 17.5 Å². The van der Waals surface area contributed by atoms with Crippen molar-refractivity contribution in [3.63, 3.8) is 0 Å². The number of hydrogen-bond acceptors (Lipinski definition) is 7. The lowest BCUT2D eigenvalue weighted by Gasteiger charge is -2.10. The Balaban J connectivity index is 1.50. The normalized spacial score (nSPS) is 13.6. The van der Waals surface area contributed by atoms with Crippen LogP contribution in [0.2, 0.25) is 0 Å². The van der Waals surface area contributed by atoms with Crippen molar-refractivity contribution in [3.8, 4) is 23.0 Å². The number of Topliss-reactive ketones (excluding diaryl/α,β-unsaturated/α-hetero) is 1. The van der Waals surface area contributed by atoms with Crippen LogP contribution in [0.4, 0.5) is 0 Å². The molecule has 1 aliphatic rings. The highest BCUT2D eigenvalue weighted by molar-refractivity contribution is 8.00. The van der Waals surface area contributed by atoms with Crippen LogP contribution in [0.25, 0.3) is 11.5 Å². The third-order valence-corrected chi connectivity index (χ3v) is 5.27. The number of nitrogens with zero attached hydrogens (tertiary/aromatic N) is 2. The summed E-state index contributed by atoms with van der Waals surface area (Å²) in [5, 5.41) is 8.17. The summed E-state index contributed by atoms with van der Waals surface area (Å²) in [5.74, 6) is 1.77. The van der Waals surface area contributed by atoms with Gasteiger partial charge in [-0.15, -0.1) is 10.2 Å². The van der Waals surface area contributed by atoms with E-state index in [1.54, 1.807) is 12.1 Å². The lowest BCUT2D eigenvalue weighted by Crippen LogP contribution is -2.15. The van der Waals surface area contributed by atoms with Crippen molar-refractivity contribution < 1.29 is 18.7 Å². The number of aryl methyl sites for hydroxylation is 2. The van der Waals surface area contributed by atoms with Crippen molar-refractivity contribution in [3.05, 3.63) is 53.1 Å². The van der Waals surface area contributed by atoms with Crippen molar-refractivity contribution in [2.45, 2.75) is 31.2 Å². The van der Waals surface area contributed by atoms with Gasteiger partial charge >= 0.3 is 0 Å². The van der Waals surface area contributed by atoms with E-state index in [1.165, 1.54) is 11.8 Å². The highest BCUT2D eigenvalue weighted by Gasteiger charge is 2.22. The number of ether oxygens (including phenoxy) is 2. The zero-order valence-electron chi connectivity index (χ0n) is 15.2. The SMILES string of the molecule is Cc1ccc(C)c(C(=O)[C@@H](C)Sc2nnc(-c3ccc4c(c3)OCO4)o2)c1. The van der Waals surface area contributed by atoms with Crippen molar-refractivity contribution in [2.75, 3.05) is 6.79 Å². The maximum Gasteiger partial charge on any atom is 0.277 e. The second kappa shape index (κ2) is 7.08. The summed E-state index contributed by atoms with van der Waals surface area (Å²) in [7, 11) is 0. The smallest absolute Gasteiger partial charge is 0.277 e. The second-order valence-electron chi connectivity index (χ2n) is 6.38. The number of carbonyl (C=O) groups excluding carboxylic acids is 1. The third-order valence-electron chi connectivity index (χ3n) is 4.33. The van der Waals surface area contributed by atoms with E-state index in [0.717, 1.165) is 22.3 Å². The van der Waals surface area contributed by atoms with Crippen LogP contribution >= 0.6 is 11.8 Å². The Kier molecular flexibility index (Phi) is 4.61. The van der Waals surface area contributed by atoms with Gasteiger partial charge in [-0.05, 0) is 50.6 Å². The van der Waals surface area contributed by atoms with Crippen molar-refractivity contribution in [1.82, 2.24) is 10.2 Å². The molecule has 3 aromatic rings. The average Bonchev–Trinajstić information content (AvgIpc) is 3.31. The third kappa shape index (κ3) is 3.55. The molecule has 0 N–H and O–H groups in total. The molecule has 2 aromatic carbocycles. The van der Waals surface area contributed by atoms with Gasteiger partial charge < -0.3 is 13.9 Å². The van der Waals surface area contributed by atoms with Crippen LogP contribution in [0.15, 0.2) is 46.0 Å². The van der Waals surface area contributed by atoms with E-state index in [4.69, 9.17) is 13.9 Å². The molecule has 138 valence electrons. The maximum absolute atomic E-state index is 12.8. The van der Waals surface area contributed by atoms with E-state index in [1.807, 2.05) is 45.0 Å². The molecule has 1 atom stereocenters. The molecule has 2 heterocycles. The summed E-state index contributed by atoms with van der Waals surface area (Å²) < 4.78 is 16.4. The summed E-state index contributed by atoms with van der Waals surface area (Å²) in [6.45, 7) is 5.97. The van der Waals surface area contributed by atoms with Crippen molar-refractivity contribution in [2.24, 2.45) is 0 Å². The van der Waals surface area contributed by atoms with E-state index in [2.05, 4.69) is 10.2 Å². The maximum atomic E-state index is 12.8. The summed E-state index contributed by atoms with van der Waals surface area (Å²) in [6.07, 6.45) is 0. The van der Waals surface area contributed by atoms with Crippen LogP contribution in [-0.2, 0) is 0 Å². The molecule has 27 heavy (non-hydrogen) atoms. The number of hydrogen-bond donors (Lipinski definition) is 0. The van der Waals surface area contributed by atoms with Crippen LogP contribution in [0.5, 0.6) is 11.5 Å². The summed E-state index contributed by atoms with van der Waals surface area (Å²) in [4.78, 5) is 12.8. The van der Waals surface area contributed by atoms with Crippen LogP contribution in [0, 0.1) is 13.8 Å². The van der Waals surface area contributed by atoms with E-state index in [-0.39, 0.29) is 17.8 Å². The van der Waals surface area contributed by atoms with Crippen LogP contribution in [0.3, 0.4) is 0 Å². The van der Waals surface area contributed by atoms with Crippen LogP contribution < -0.4 is 9.47 Å². The summed E-state index contributed by atoms with van der Waals surface area (Å²) in [6, 6.07) is 11.3. The first kappa shape index (κ1) is 17.6. The zero-order valence-corrected chi connectivity index (χ0v) is 16.0. The molecule has 7 heteroatoms. The lowest BCUT2D eigenvalue weighted by molar-refractivity contribution is 0.0993. The standard InChI is InChI=1S/C20H18N2O4S/c1-11-4-5-12(2)15(8-11)18(23)13(3)27-20-22-21-19(26-20)14-6-7-16-17(9-14)25-10-24-16/h4-9,13H,10H2,1-3H3/t13-/m1/s1. The molecule has 0 bridgehead atoms. The molecule has 1 aliphatic heterocycles. The molecule has 0 fully saturated rings. The minimum atomic E-state index is -0.337. The summed E-state index contributed by atoms with van der Waals surface area (Å²) >= 11 is 1.26. The number of thioether (sulfide) groups is 1. The molecule has 0 aliphatic carbocycles. The van der Waals surface area contributed by atoms with E-state index < -0.39 is 0 Å². The number of carbonyl (C=O) groups is 1. The van der Waals surface area contributed by atoms with E-state index in [0.29, 0.717) is 22.6 Å². The molecule has 4 rings (SSSR count). The van der Waals surface area contributed by atoms with Gasteiger partial charge in [-0.2, -0.15) is 0 Å². The zero-order chi connectivity index (χ0) is 19.0. The molecular weight excluding hydrogens is 364 g/mol. The minimum Gasteiger partial charge on any atom is -0.454 e. The number of rotatable bonds is 5. The molecule has 0 unspecified atom stereocenters. The largest absolute Gasteiger partial charge is 0.454 e.